The molecule has 2 aromatic rings. The minimum absolute atomic E-state index is 0.0580. The van der Waals surface area contributed by atoms with Crippen molar-refractivity contribution in [1.29, 1.82) is 0 Å². The Morgan fingerprint density at radius 1 is 1.45 bits per heavy atom. The number of hydrogen-bond acceptors (Lipinski definition) is 5. The third-order valence-corrected chi connectivity index (χ3v) is 5.07. The van der Waals surface area contributed by atoms with Crippen LogP contribution in [0.15, 0.2) is 41.8 Å². The Morgan fingerprint density at radius 3 is 2.95 bits per heavy atom. The molecule has 3 N–H and O–H groups in total. The molecule has 0 saturated carbocycles. The third-order valence-electron chi connectivity index (χ3n) is 3.92. The monoisotopic (exact) mass is 318 g/mol. The smallest absolute Gasteiger partial charge is 0.329 e. The third kappa shape index (κ3) is 2.78. The summed E-state index contributed by atoms with van der Waals surface area (Å²) in [5.74, 6) is -0.861. The van der Waals surface area contributed by atoms with Crippen LogP contribution >= 0.6 is 11.3 Å². The number of carboxylic acid groups (broad SMARTS) is 1. The number of nitrogens with one attached hydrogen (secondary N) is 2. The van der Waals surface area contributed by atoms with E-state index >= 15 is 0 Å². The Hall–Kier alpha value is -1.73. The highest BCUT2D eigenvalue weighted by atomic mass is 32.1. The van der Waals surface area contributed by atoms with E-state index in [1.54, 1.807) is 6.92 Å². The molecule has 1 aromatic carbocycles. The van der Waals surface area contributed by atoms with E-state index in [0.717, 1.165) is 16.0 Å². The van der Waals surface area contributed by atoms with E-state index in [9.17, 15) is 9.90 Å². The summed E-state index contributed by atoms with van der Waals surface area (Å²) in [6.45, 7) is 2.67. The number of carboxylic acids is 1. The summed E-state index contributed by atoms with van der Waals surface area (Å²) in [6, 6.07) is 11.8. The molecule has 0 spiro atoms. The van der Waals surface area contributed by atoms with Gasteiger partial charge in [0.15, 0.2) is 0 Å². The van der Waals surface area contributed by atoms with E-state index in [-0.39, 0.29) is 6.04 Å². The first-order chi connectivity index (χ1) is 10.6. The Kier molecular flexibility index (Phi) is 4.26. The Labute approximate surface area is 132 Å². The van der Waals surface area contributed by atoms with Gasteiger partial charge in [0.1, 0.15) is 5.54 Å². The highest BCUT2D eigenvalue weighted by Crippen LogP contribution is 2.37. The molecule has 0 bridgehead atoms. The summed E-state index contributed by atoms with van der Waals surface area (Å²) in [7, 11) is 0. The quantitative estimate of drug-likeness (QED) is 0.739. The number of hydroxylamine groups is 1. The molecular formula is C16H18N2O3S. The first-order valence-corrected chi connectivity index (χ1v) is 7.97. The van der Waals surface area contributed by atoms with Crippen LogP contribution in [-0.2, 0) is 21.8 Å². The fraction of sp³-hybridized carbons (Fsp3) is 0.312. The topological polar surface area (TPSA) is 70.6 Å². The maximum absolute atomic E-state index is 11.5. The zero-order valence-corrected chi connectivity index (χ0v) is 13.0. The van der Waals surface area contributed by atoms with Crippen LogP contribution in [0, 0.1) is 0 Å². The summed E-state index contributed by atoms with van der Waals surface area (Å²) in [4.78, 5) is 17.9. The van der Waals surface area contributed by atoms with Crippen molar-refractivity contribution in [3.63, 3.8) is 0 Å². The first kappa shape index (κ1) is 15.2. The van der Waals surface area contributed by atoms with Gasteiger partial charge in [0, 0.05) is 11.4 Å². The molecule has 0 fully saturated rings. The van der Waals surface area contributed by atoms with E-state index < -0.39 is 11.5 Å². The fourth-order valence-electron chi connectivity index (χ4n) is 2.57. The Morgan fingerprint density at radius 2 is 2.23 bits per heavy atom. The summed E-state index contributed by atoms with van der Waals surface area (Å²) in [5.41, 5.74) is 4.08. The molecule has 0 saturated heterocycles. The van der Waals surface area contributed by atoms with Crippen molar-refractivity contribution < 1.29 is 14.7 Å². The standard InChI is InChI=1S/C16H18N2O3S/c1-16(15(19)20)14-12(7-8-22-14)13(9-17-16)18-21-10-11-5-3-2-4-6-11/h2-8,13,17-18H,9-10H2,1H3,(H,19,20)/t13-,16+/m0/s1. The maximum Gasteiger partial charge on any atom is 0.329 e. The van der Waals surface area contributed by atoms with Crippen molar-refractivity contribution in [1.82, 2.24) is 10.8 Å². The molecule has 1 aliphatic heterocycles. The Bertz CT molecular complexity index is 658. The lowest BCUT2D eigenvalue weighted by Crippen LogP contribution is -2.53. The van der Waals surface area contributed by atoms with Gasteiger partial charge in [0.05, 0.1) is 12.6 Å². The molecule has 0 amide bonds. The summed E-state index contributed by atoms with van der Waals surface area (Å²) in [6.07, 6.45) is 0. The lowest BCUT2D eigenvalue weighted by Gasteiger charge is -2.35. The van der Waals surface area contributed by atoms with Crippen molar-refractivity contribution in [3.05, 3.63) is 57.8 Å². The molecule has 0 unspecified atom stereocenters. The Balaban J connectivity index is 1.68. The molecule has 3 rings (SSSR count). The largest absolute Gasteiger partial charge is 0.480 e. The first-order valence-electron chi connectivity index (χ1n) is 7.09. The summed E-state index contributed by atoms with van der Waals surface area (Å²) < 4.78 is 0. The number of rotatable bonds is 5. The number of aliphatic carboxylic acids is 1. The summed E-state index contributed by atoms with van der Waals surface area (Å²) >= 11 is 1.46. The van der Waals surface area contributed by atoms with Crippen LogP contribution in [0.3, 0.4) is 0 Å². The van der Waals surface area contributed by atoms with Crippen LogP contribution in [0.25, 0.3) is 0 Å². The van der Waals surface area contributed by atoms with Crippen LogP contribution in [0.2, 0.25) is 0 Å². The predicted molar refractivity (Wildman–Crippen MR) is 84.4 cm³/mol. The van der Waals surface area contributed by atoms with Crippen LogP contribution in [0.4, 0.5) is 0 Å². The van der Waals surface area contributed by atoms with Crippen molar-refractivity contribution in [3.8, 4) is 0 Å². The minimum atomic E-state index is -1.03. The van der Waals surface area contributed by atoms with Gasteiger partial charge in [-0.3, -0.25) is 10.2 Å². The molecule has 1 aliphatic rings. The average Bonchev–Trinajstić information content (AvgIpc) is 3.01. The van der Waals surface area contributed by atoms with Gasteiger partial charge in [-0.25, -0.2) is 4.79 Å². The molecule has 0 aliphatic carbocycles. The molecular weight excluding hydrogens is 300 g/mol. The van der Waals surface area contributed by atoms with Gasteiger partial charge < -0.3 is 5.11 Å². The molecule has 5 nitrogen and oxygen atoms in total. The average molecular weight is 318 g/mol. The number of fused-ring (bicyclic) bond motifs is 1. The SMILES string of the molecule is C[C@@]1(C(=O)O)NC[C@H](NOCc2ccccc2)c2ccsc21. The molecule has 6 heteroatoms. The van der Waals surface area contributed by atoms with E-state index in [2.05, 4.69) is 10.8 Å². The number of thiophene rings is 1. The molecule has 2 atom stereocenters. The van der Waals surface area contributed by atoms with Gasteiger partial charge in [-0.15, -0.1) is 11.3 Å². The molecule has 0 radical (unpaired) electrons. The predicted octanol–water partition coefficient (Wildman–Crippen LogP) is 2.41. The number of carbonyl (C=O) groups is 1. The zero-order chi connectivity index (χ0) is 15.6. The second-order valence-corrected chi connectivity index (χ2v) is 6.38. The zero-order valence-electron chi connectivity index (χ0n) is 12.2. The van der Waals surface area contributed by atoms with Gasteiger partial charge in [-0.05, 0) is 29.5 Å². The normalized spacial score (nSPS) is 24.0. The molecule has 1 aromatic heterocycles. The van der Waals surface area contributed by atoms with Crippen molar-refractivity contribution in [2.24, 2.45) is 0 Å². The van der Waals surface area contributed by atoms with Gasteiger partial charge in [0.2, 0.25) is 0 Å². The fourth-order valence-corrected chi connectivity index (χ4v) is 3.67. The highest BCUT2D eigenvalue weighted by Gasteiger charge is 2.43. The second-order valence-electron chi connectivity index (χ2n) is 5.46. The lowest BCUT2D eigenvalue weighted by atomic mass is 9.89. The summed E-state index contributed by atoms with van der Waals surface area (Å²) in [5, 5.41) is 14.5. The highest BCUT2D eigenvalue weighted by molar-refractivity contribution is 7.10. The molecule has 2 heterocycles. The molecule has 22 heavy (non-hydrogen) atoms. The maximum atomic E-state index is 11.5. The van der Waals surface area contributed by atoms with Gasteiger partial charge in [-0.1, -0.05) is 30.3 Å². The van der Waals surface area contributed by atoms with Crippen LogP contribution in [0.1, 0.15) is 29.0 Å². The van der Waals surface area contributed by atoms with Crippen molar-refractivity contribution in [2.75, 3.05) is 6.54 Å². The van der Waals surface area contributed by atoms with Crippen LogP contribution in [-0.4, -0.2) is 17.6 Å². The number of hydrogen-bond donors (Lipinski definition) is 3. The van der Waals surface area contributed by atoms with E-state index in [0.29, 0.717) is 13.2 Å². The van der Waals surface area contributed by atoms with Crippen molar-refractivity contribution >= 4 is 17.3 Å². The van der Waals surface area contributed by atoms with Crippen LogP contribution < -0.4 is 10.8 Å². The van der Waals surface area contributed by atoms with Gasteiger partial charge >= 0.3 is 5.97 Å². The van der Waals surface area contributed by atoms with E-state index in [4.69, 9.17) is 4.84 Å². The van der Waals surface area contributed by atoms with E-state index in [1.807, 2.05) is 41.8 Å². The van der Waals surface area contributed by atoms with E-state index in [1.165, 1.54) is 11.3 Å². The minimum Gasteiger partial charge on any atom is -0.480 e. The molecule has 116 valence electrons. The van der Waals surface area contributed by atoms with Crippen molar-refractivity contribution in [2.45, 2.75) is 25.1 Å². The van der Waals surface area contributed by atoms with Crippen LogP contribution in [0.5, 0.6) is 0 Å². The second kappa shape index (κ2) is 6.18. The van der Waals surface area contributed by atoms with Gasteiger partial charge in [-0.2, -0.15) is 5.48 Å². The van der Waals surface area contributed by atoms with Gasteiger partial charge in [0.25, 0.3) is 0 Å². The lowest BCUT2D eigenvalue weighted by molar-refractivity contribution is -0.145. The number of benzene rings is 1.